The molecule has 0 aliphatic carbocycles. The number of rotatable bonds is 2. The summed E-state index contributed by atoms with van der Waals surface area (Å²) in [5.74, 6) is 0.159. The standard InChI is InChI=1S/C16H16F3N3O2/c1-10-8-20-14(21-10)13-9-22(5-6-24-13)15(23)11-3-2-4-12(7-11)16(17,18)19/h2-4,7-8,13H,5-6,9H2,1H3,(H,20,21). The molecule has 2 heterocycles. The summed E-state index contributed by atoms with van der Waals surface area (Å²) >= 11 is 0. The number of imidazole rings is 1. The maximum atomic E-state index is 12.8. The van der Waals surface area contributed by atoms with Crippen LogP contribution in [-0.2, 0) is 10.9 Å². The fourth-order valence-electron chi connectivity index (χ4n) is 2.61. The van der Waals surface area contributed by atoms with E-state index < -0.39 is 23.8 Å². The number of ether oxygens (including phenoxy) is 1. The SMILES string of the molecule is Cc1cnc(C2CN(C(=O)c3cccc(C(F)(F)F)c3)CCO2)[nH]1. The summed E-state index contributed by atoms with van der Waals surface area (Å²) in [6, 6.07) is 4.46. The van der Waals surface area contributed by atoms with Crippen LogP contribution < -0.4 is 0 Å². The molecule has 1 N–H and O–H groups in total. The molecule has 1 aromatic heterocycles. The minimum Gasteiger partial charge on any atom is -0.367 e. The van der Waals surface area contributed by atoms with Crippen molar-refractivity contribution in [1.82, 2.24) is 14.9 Å². The van der Waals surface area contributed by atoms with Crippen LogP contribution >= 0.6 is 0 Å². The maximum absolute atomic E-state index is 12.8. The molecule has 2 aromatic rings. The molecule has 0 spiro atoms. The molecule has 1 aliphatic rings. The van der Waals surface area contributed by atoms with E-state index in [1.807, 2.05) is 6.92 Å². The lowest BCUT2D eigenvalue weighted by atomic mass is 10.1. The van der Waals surface area contributed by atoms with Crippen molar-refractivity contribution >= 4 is 5.91 Å². The van der Waals surface area contributed by atoms with Crippen molar-refractivity contribution in [2.24, 2.45) is 0 Å². The minimum absolute atomic E-state index is 0.0149. The summed E-state index contributed by atoms with van der Waals surface area (Å²) in [6.07, 6.45) is -3.23. The predicted molar refractivity (Wildman–Crippen MR) is 79.4 cm³/mol. The van der Waals surface area contributed by atoms with Gasteiger partial charge in [0.1, 0.15) is 11.9 Å². The number of aromatic amines is 1. The number of carbonyl (C=O) groups excluding carboxylic acids is 1. The smallest absolute Gasteiger partial charge is 0.367 e. The number of amides is 1. The fraction of sp³-hybridized carbons (Fsp3) is 0.375. The quantitative estimate of drug-likeness (QED) is 0.915. The number of nitrogens with zero attached hydrogens (tertiary/aromatic N) is 2. The van der Waals surface area contributed by atoms with Gasteiger partial charge >= 0.3 is 6.18 Å². The van der Waals surface area contributed by atoms with Gasteiger partial charge in [-0.3, -0.25) is 4.79 Å². The molecule has 1 saturated heterocycles. The van der Waals surface area contributed by atoms with E-state index in [2.05, 4.69) is 9.97 Å². The van der Waals surface area contributed by atoms with Gasteiger partial charge in [-0.2, -0.15) is 13.2 Å². The Morgan fingerprint density at radius 3 is 2.88 bits per heavy atom. The third kappa shape index (κ3) is 3.43. The number of aryl methyl sites for hydroxylation is 1. The van der Waals surface area contributed by atoms with Crippen LogP contribution in [0.25, 0.3) is 0 Å². The number of alkyl halides is 3. The number of hydrogen-bond acceptors (Lipinski definition) is 3. The van der Waals surface area contributed by atoms with E-state index in [0.29, 0.717) is 19.0 Å². The Hall–Kier alpha value is -2.35. The molecule has 0 radical (unpaired) electrons. The topological polar surface area (TPSA) is 58.2 Å². The van der Waals surface area contributed by atoms with E-state index in [-0.39, 0.29) is 12.1 Å². The first-order valence-corrected chi connectivity index (χ1v) is 7.44. The molecule has 3 rings (SSSR count). The molecule has 5 nitrogen and oxygen atoms in total. The lowest BCUT2D eigenvalue weighted by Gasteiger charge is -2.32. The van der Waals surface area contributed by atoms with Crippen LogP contribution in [0.2, 0.25) is 0 Å². The number of hydrogen-bond donors (Lipinski definition) is 1. The Morgan fingerprint density at radius 1 is 1.42 bits per heavy atom. The van der Waals surface area contributed by atoms with Crippen molar-refractivity contribution in [2.45, 2.75) is 19.2 Å². The number of nitrogens with one attached hydrogen (secondary N) is 1. The van der Waals surface area contributed by atoms with Gasteiger partial charge < -0.3 is 14.6 Å². The second kappa shape index (κ2) is 6.27. The van der Waals surface area contributed by atoms with Crippen LogP contribution in [0.15, 0.2) is 30.5 Å². The Morgan fingerprint density at radius 2 is 2.21 bits per heavy atom. The molecule has 0 saturated carbocycles. The number of H-pyrrole nitrogens is 1. The van der Waals surface area contributed by atoms with Gasteiger partial charge in [0.05, 0.1) is 18.7 Å². The van der Waals surface area contributed by atoms with Crippen LogP contribution in [0.4, 0.5) is 13.2 Å². The van der Waals surface area contributed by atoms with Crippen LogP contribution in [0.1, 0.15) is 33.5 Å². The number of morpholine rings is 1. The average Bonchev–Trinajstić information content (AvgIpc) is 3.00. The Labute approximate surface area is 136 Å². The van der Waals surface area contributed by atoms with Gasteiger partial charge in [-0.05, 0) is 25.1 Å². The summed E-state index contributed by atoms with van der Waals surface area (Å²) in [6.45, 7) is 2.72. The second-order valence-electron chi connectivity index (χ2n) is 5.64. The van der Waals surface area contributed by atoms with E-state index in [9.17, 15) is 18.0 Å². The Bertz CT molecular complexity index is 742. The molecule has 1 fully saturated rings. The molecule has 8 heteroatoms. The van der Waals surface area contributed by atoms with Crippen LogP contribution in [-0.4, -0.2) is 40.5 Å². The summed E-state index contributed by atoms with van der Waals surface area (Å²) < 4.78 is 44.0. The Balaban J connectivity index is 1.77. The summed E-state index contributed by atoms with van der Waals surface area (Å²) in [5.41, 5.74) is 0.0517. The molecular weight excluding hydrogens is 323 g/mol. The summed E-state index contributed by atoms with van der Waals surface area (Å²) in [7, 11) is 0. The highest BCUT2D eigenvalue weighted by Crippen LogP contribution is 2.30. The average molecular weight is 339 g/mol. The number of benzene rings is 1. The highest BCUT2D eigenvalue weighted by atomic mass is 19.4. The van der Waals surface area contributed by atoms with Crippen LogP contribution in [0.5, 0.6) is 0 Å². The highest BCUT2D eigenvalue weighted by molar-refractivity contribution is 5.94. The van der Waals surface area contributed by atoms with E-state index >= 15 is 0 Å². The first kappa shape index (κ1) is 16.5. The van der Waals surface area contributed by atoms with E-state index in [1.54, 1.807) is 6.20 Å². The van der Waals surface area contributed by atoms with Crippen LogP contribution in [0.3, 0.4) is 0 Å². The zero-order valence-electron chi connectivity index (χ0n) is 12.9. The Kier molecular flexibility index (Phi) is 4.31. The zero-order chi connectivity index (χ0) is 17.3. The molecule has 1 amide bonds. The lowest BCUT2D eigenvalue weighted by molar-refractivity contribution is -0.137. The first-order valence-electron chi connectivity index (χ1n) is 7.44. The van der Waals surface area contributed by atoms with E-state index in [0.717, 1.165) is 17.8 Å². The van der Waals surface area contributed by atoms with Gasteiger partial charge in [0.2, 0.25) is 0 Å². The highest BCUT2D eigenvalue weighted by Gasteiger charge is 2.32. The van der Waals surface area contributed by atoms with Gasteiger partial charge in [-0.15, -0.1) is 0 Å². The largest absolute Gasteiger partial charge is 0.416 e. The number of halogens is 3. The van der Waals surface area contributed by atoms with Crippen molar-refractivity contribution in [3.05, 3.63) is 53.1 Å². The monoisotopic (exact) mass is 339 g/mol. The zero-order valence-corrected chi connectivity index (χ0v) is 12.9. The van der Waals surface area contributed by atoms with Crippen LogP contribution in [0, 0.1) is 6.92 Å². The summed E-state index contributed by atoms with van der Waals surface area (Å²) in [5, 5.41) is 0. The van der Waals surface area contributed by atoms with Crippen molar-refractivity contribution in [3.63, 3.8) is 0 Å². The van der Waals surface area contributed by atoms with Gasteiger partial charge in [-0.25, -0.2) is 4.98 Å². The maximum Gasteiger partial charge on any atom is 0.416 e. The summed E-state index contributed by atoms with van der Waals surface area (Å²) in [4.78, 5) is 21.3. The molecule has 128 valence electrons. The van der Waals surface area contributed by atoms with Gasteiger partial charge in [0.15, 0.2) is 0 Å². The third-order valence-corrected chi connectivity index (χ3v) is 3.82. The number of carbonyl (C=O) groups is 1. The molecular formula is C16H16F3N3O2. The molecule has 1 aliphatic heterocycles. The molecule has 24 heavy (non-hydrogen) atoms. The van der Waals surface area contributed by atoms with Gasteiger partial charge in [-0.1, -0.05) is 6.07 Å². The first-order chi connectivity index (χ1) is 11.3. The van der Waals surface area contributed by atoms with Gasteiger partial charge in [0.25, 0.3) is 5.91 Å². The normalized spacial score (nSPS) is 18.7. The van der Waals surface area contributed by atoms with Crippen molar-refractivity contribution in [2.75, 3.05) is 19.7 Å². The molecule has 1 aromatic carbocycles. The van der Waals surface area contributed by atoms with Crippen molar-refractivity contribution < 1.29 is 22.7 Å². The van der Waals surface area contributed by atoms with Gasteiger partial charge in [0, 0.05) is 24.0 Å². The van der Waals surface area contributed by atoms with Crippen molar-refractivity contribution in [3.8, 4) is 0 Å². The van der Waals surface area contributed by atoms with E-state index in [1.165, 1.54) is 17.0 Å². The number of aromatic nitrogens is 2. The lowest BCUT2D eigenvalue weighted by Crippen LogP contribution is -2.42. The van der Waals surface area contributed by atoms with Crippen molar-refractivity contribution in [1.29, 1.82) is 0 Å². The molecule has 1 unspecified atom stereocenters. The fourth-order valence-corrected chi connectivity index (χ4v) is 2.61. The molecule has 1 atom stereocenters. The second-order valence-corrected chi connectivity index (χ2v) is 5.64. The predicted octanol–water partition coefficient (Wildman–Crippen LogP) is 2.95. The minimum atomic E-state index is -4.48. The third-order valence-electron chi connectivity index (χ3n) is 3.82. The van der Waals surface area contributed by atoms with E-state index in [4.69, 9.17) is 4.74 Å². The molecule has 0 bridgehead atoms.